The molecule has 0 aliphatic carbocycles. The number of aliphatic hydroxyl groups is 1. The van der Waals surface area contributed by atoms with Crippen LogP contribution in [0.4, 0.5) is 4.79 Å². The number of ether oxygens (including phenoxy) is 1. The highest BCUT2D eigenvalue weighted by atomic mass is 16.5. The van der Waals surface area contributed by atoms with Crippen LogP contribution >= 0.6 is 0 Å². The summed E-state index contributed by atoms with van der Waals surface area (Å²) in [6.07, 6.45) is 4.73. The molecule has 0 spiro atoms. The number of aryl methyl sites for hydroxylation is 1. The number of nitrogens with zero attached hydrogens (tertiary/aromatic N) is 1. The van der Waals surface area contributed by atoms with Gasteiger partial charge in [0.15, 0.2) is 0 Å². The van der Waals surface area contributed by atoms with E-state index in [1.807, 2.05) is 11.1 Å². The molecule has 6 nitrogen and oxygen atoms in total. The molecule has 0 radical (unpaired) electrons. The molecule has 136 valence electrons. The summed E-state index contributed by atoms with van der Waals surface area (Å²) in [6, 6.07) is 6.34. The first-order valence-electron chi connectivity index (χ1n) is 8.99. The standard InChI is InChI=1S/C19H27N3O3/c1-14-4-5-17-15(12-21-18(17)11-14)6-7-20-19(24)22-8-2-3-16(13-22)25-10-9-23/h4-5,11-12,16,21,23H,2-3,6-10,13H2,1H3,(H,20,24). The Morgan fingerprint density at radius 2 is 2.36 bits per heavy atom. The predicted molar refractivity (Wildman–Crippen MR) is 97.8 cm³/mol. The molecule has 2 heterocycles. The third-order valence-corrected chi connectivity index (χ3v) is 4.70. The number of aromatic nitrogens is 1. The molecular formula is C19H27N3O3. The van der Waals surface area contributed by atoms with Gasteiger partial charge >= 0.3 is 6.03 Å². The number of hydrogen-bond donors (Lipinski definition) is 3. The third-order valence-electron chi connectivity index (χ3n) is 4.70. The molecule has 2 aromatic rings. The summed E-state index contributed by atoms with van der Waals surface area (Å²) < 4.78 is 5.56. The molecule has 3 rings (SSSR count). The lowest BCUT2D eigenvalue weighted by Gasteiger charge is -2.32. The first-order chi connectivity index (χ1) is 12.2. The van der Waals surface area contributed by atoms with E-state index in [-0.39, 0.29) is 18.7 Å². The summed E-state index contributed by atoms with van der Waals surface area (Å²) in [5, 5.41) is 13.1. The summed E-state index contributed by atoms with van der Waals surface area (Å²) in [4.78, 5) is 17.5. The number of piperidine rings is 1. The number of H-pyrrole nitrogens is 1. The van der Waals surface area contributed by atoms with Crippen LogP contribution in [0.1, 0.15) is 24.0 Å². The Balaban J connectivity index is 1.48. The number of benzene rings is 1. The zero-order valence-electron chi connectivity index (χ0n) is 14.8. The molecule has 1 fully saturated rings. The second-order valence-electron chi connectivity index (χ2n) is 6.65. The Morgan fingerprint density at radius 3 is 3.20 bits per heavy atom. The van der Waals surface area contributed by atoms with Crippen LogP contribution < -0.4 is 5.32 Å². The second kappa shape index (κ2) is 8.36. The van der Waals surface area contributed by atoms with E-state index >= 15 is 0 Å². The number of hydrogen-bond acceptors (Lipinski definition) is 3. The van der Waals surface area contributed by atoms with Gasteiger partial charge in [0.25, 0.3) is 0 Å². The zero-order valence-corrected chi connectivity index (χ0v) is 14.8. The number of urea groups is 1. The van der Waals surface area contributed by atoms with E-state index < -0.39 is 0 Å². The van der Waals surface area contributed by atoms with Gasteiger partial charge in [-0.25, -0.2) is 4.79 Å². The Hall–Kier alpha value is -2.05. The number of likely N-dealkylation sites (tertiary alicyclic amines) is 1. The highest BCUT2D eigenvalue weighted by molar-refractivity contribution is 5.83. The molecule has 6 heteroatoms. The lowest BCUT2D eigenvalue weighted by Crippen LogP contribution is -2.48. The summed E-state index contributed by atoms with van der Waals surface area (Å²) >= 11 is 0. The van der Waals surface area contributed by atoms with Crippen LogP contribution in [0.3, 0.4) is 0 Å². The molecule has 2 amide bonds. The minimum Gasteiger partial charge on any atom is -0.394 e. The molecule has 1 aromatic heterocycles. The number of aliphatic hydroxyl groups excluding tert-OH is 1. The van der Waals surface area contributed by atoms with E-state index in [0.717, 1.165) is 31.3 Å². The summed E-state index contributed by atoms with van der Waals surface area (Å²) in [6.45, 7) is 4.40. The van der Waals surface area contributed by atoms with Crippen molar-refractivity contribution in [3.63, 3.8) is 0 Å². The van der Waals surface area contributed by atoms with E-state index in [9.17, 15) is 4.79 Å². The number of fused-ring (bicyclic) bond motifs is 1. The summed E-state index contributed by atoms with van der Waals surface area (Å²) in [7, 11) is 0. The van der Waals surface area contributed by atoms with Crippen LogP contribution in [0.25, 0.3) is 10.9 Å². The van der Waals surface area contributed by atoms with Gasteiger partial charge in [0.1, 0.15) is 0 Å². The maximum atomic E-state index is 12.4. The Bertz CT molecular complexity index is 713. The molecule has 1 atom stereocenters. The first-order valence-corrected chi connectivity index (χ1v) is 8.99. The minimum absolute atomic E-state index is 0.0207. The van der Waals surface area contributed by atoms with Crippen molar-refractivity contribution in [3.05, 3.63) is 35.5 Å². The van der Waals surface area contributed by atoms with Crippen molar-refractivity contribution in [1.82, 2.24) is 15.2 Å². The van der Waals surface area contributed by atoms with E-state index in [2.05, 4.69) is 35.4 Å². The first kappa shape index (κ1) is 17.8. The minimum atomic E-state index is -0.0343. The number of nitrogens with one attached hydrogen (secondary N) is 2. The largest absolute Gasteiger partial charge is 0.394 e. The predicted octanol–water partition coefficient (Wildman–Crippen LogP) is 2.20. The van der Waals surface area contributed by atoms with Crippen LogP contribution in [0.2, 0.25) is 0 Å². The quantitative estimate of drug-likeness (QED) is 0.751. The van der Waals surface area contributed by atoms with Crippen molar-refractivity contribution in [3.8, 4) is 0 Å². The molecule has 0 saturated carbocycles. The van der Waals surface area contributed by atoms with Gasteiger partial charge in [-0.2, -0.15) is 0 Å². The van der Waals surface area contributed by atoms with Crippen molar-refractivity contribution >= 4 is 16.9 Å². The molecular weight excluding hydrogens is 318 g/mol. The zero-order chi connectivity index (χ0) is 17.6. The normalized spacial score (nSPS) is 17.8. The molecule has 1 aromatic carbocycles. The molecule has 3 N–H and O–H groups in total. The smallest absolute Gasteiger partial charge is 0.317 e. The maximum Gasteiger partial charge on any atom is 0.317 e. The van der Waals surface area contributed by atoms with Crippen molar-refractivity contribution in [1.29, 1.82) is 0 Å². The number of rotatable bonds is 6. The molecule has 1 aliphatic heterocycles. The van der Waals surface area contributed by atoms with Crippen LogP contribution in [0.15, 0.2) is 24.4 Å². The topological polar surface area (TPSA) is 77.6 Å². The SMILES string of the molecule is Cc1ccc2c(CCNC(=O)N3CCCC(OCCO)C3)c[nH]c2c1. The average Bonchev–Trinajstić information content (AvgIpc) is 3.02. The molecule has 1 saturated heterocycles. The fourth-order valence-corrected chi connectivity index (χ4v) is 3.40. The van der Waals surface area contributed by atoms with E-state index in [1.165, 1.54) is 16.5 Å². The fourth-order valence-electron chi connectivity index (χ4n) is 3.40. The molecule has 1 aliphatic rings. The van der Waals surface area contributed by atoms with Gasteiger partial charge in [-0.3, -0.25) is 0 Å². The Morgan fingerprint density at radius 1 is 1.48 bits per heavy atom. The van der Waals surface area contributed by atoms with E-state index in [4.69, 9.17) is 9.84 Å². The number of aromatic amines is 1. The van der Waals surface area contributed by atoms with Crippen LogP contribution in [0, 0.1) is 6.92 Å². The molecule has 25 heavy (non-hydrogen) atoms. The van der Waals surface area contributed by atoms with Gasteiger partial charge < -0.3 is 25.0 Å². The number of carbonyl (C=O) groups excluding carboxylic acids is 1. The van der Waals surface area contributed by atoms with Gasteiger partial charge in [0.05, 0.1) is 19.3 Å². The second-order valence-corrected chi connectivity index (χ2v) is 6.65. The van der Waals surface area contributed by atoms with E-state index in [1.54, 1.807) is 0 Å². The van der Waals surface area contributed by atoms with Gasteiger partial charge in [-0.05, 0) is 43.4 Å². The maximum absolute atomic E-state index is 12.4. The van der Waals surface area contributed by atoms with Gasteiger partial charge in [0.2, 0.25) is 0 Å². The fraction of sp³-hybridized carbons (Fsp3) is 0.526. The number of amides is 2. The lowest BCUT2D eigenvalue weighted by atomic mass is 10.1. The van der Waals surface area contributed by atoms with Crippen LogP contribution in [0.5, 0.6) is 0 Å². The molecule has 0 bridgehead atoms. The van der Waals surface area contributed by atoms with Gasteiger partial charge in [-0.1, -0.05) is 12.1 Å². The summed E-state index contributed by atoms with van der Waals surface area (Å²) in [5.41, 5.74) is 3.59. The summed E-state index contributed by atoms with van der Waals surface area (Å²) in [5.74, 6) is 0. The molecule has 1 unspecified atom stereocenters. The van der Waals surface area contributed by atoms with E-state index in [0.29, 0.717) is 19.7 Å². The highest BCUT2D eigenvalue weighted by Crippen LogP contribution is 2.19. The van der Waals surface area contributed by atoms with Crippen LogP contribution in [-0.4, -0.2) is 60.0 Å². The highest BCUT2D eigenvalue weighted by Gasteiger charge is 2.23. The van der Waals surface area contributed by atoms with Crippen molar-refractivity contribution in [2.45, 2.75) is 32.3 Å². The van der Waals surface area contributed by atoms with Gasteiger partial charge in [-0.15, -0.1) is 0 Å². The lowest BCUT2D eigenvalue weighted by molar-refractivity contribution is -0.00575. The Kier molecular flexibility index (Phi) is 5.94. The van der Waals surface area contributed by atoms with Crippen molar-refractivity contribution in [2.24, 2.45) is 0 Å². The number of carbonyl (C=O) groups is 1. The van der Waals surface area contributed by atoms with Crippen molar-refractivity contribution < 1.29 is 14.6 Å². The third kappa shape index (κ3) is 4.52. The van der Waals surface area contributed by atoms with Crippen molar-refractivity contribution in [2.75, 3.05) is 32.8 Å². The average molecular weight is 345 g/mol. The Labute approximate surface area is 148 Å². The monoisotopic (exact) mass is 345 g/mol. The van der Waals surface area contributed by atoms with Gasteiger partial charge in [0, 0.05) is 36.7 Å². The van der Waals surface area contributed by atoms with Crippen LogP contribution in [-0.2, 0) is 11.2 Å².